The smallest absolute Gasteiger partial charge is 0.323 e. The lowest BCUT2D eigenvalue weighted by Crippen LogP contribution is -2.36. The minimum absolute atomic E-state index is 0.0625. The van der Waals surface area contributed by atoms with Crippen LogP contribution >= 0.6 is 11.6 Å². The van der Waals surface area contributed by atoms with E-state index >= 15 is 0 Å². The number of halogens is 1. The van der Waals surface area contributed by atoms with E-state index < -0.39 is 0 Å². The van der Waals surface area contributed by atoms with Gasteiger partial charge in [0.1, 0.15) is 0 Å². The van der Waals surface area contributed by atoms with Gasteiger partial charge in [0.05, 0.1) is 0 Å². The molecule has 27 heavy (non-hydrogen) atoms. The Morgan fingerprint density at radius 3 is 2.37 bits per heavy atom. The van der Waals surface area contributed by atoms with Crippen molar-refractivity contribution < 1.29 is 9.59 Å². The molecule has 1 fully saturated rings. The van der Waals surface area contributed by atoms with Crippen LogP contribution in [0.2, 0.25) is 5.02 Å². The number of carbonyl (C=O) groups is 2. The molecule has 1 aliphatic carbocycles. The van der Waals surface area contributed by atoms with Crippen molar-refractivity contribution in [2.24, 2.45) is 0 Å². The summed E-state index contributed by atoms with van der Waals surface area (Å²) in [7, 11) is 0. The van der Waals surface area contributed by atoms with Gasteiger partial charge in [0.25, 0.3) is 5.91 Å². The maximum absolute atomic E-state index is 12.3. The number of benzene rings is 2. The number of carbonyl (C=O) groups excluding carboxylic acids is 2. The molecule has 0 bridgehead atoms. The van der Waals surface area contributed by atoms with Gasteiger partial charge in [-0.3, -0.25) is 4.79 Å². The van der Waals surface area contributed by atoms with E-state index in [0.29, 0.717) is 22.0 Å². The van der Waals surface area contributed by atoms with Crippen molar-refractivity contribution in [1.82, 2.24) is 5.32 Å². The van der Waals surface area contributed by atoms with Gasteiger partial charge in [0, 0.05) is 28.0 Å². The third-order valence-electron chi connectivity index (χ3n) is 4.86. The molecule has 6 heteroatoms. The van der Waals surface area contributed by atoms with E-state index in [1.807, 2.05) is 6.92 Å². The molecule has 0 aliphatic heterocycles. The predicted molar refractivity (Wildman–Crippen MR) is 110 cm³/mol. The summed E-state index contributed by atoms with van der Waals surface area (Å²) in [5.41, 5.74) is 2.67. The topological polar surface area (TPSA) is 70.2 Å². The van der Waals surface area contributed by atoms with Crippen LogP contribution in [0.5, 0.6) is 0 Å². The van der Waals surface area contributed by atoms with Crippen molar-refractivity contribution in [1.29, 1.82) is 0 Å². The highest BCUT2D eigenvalue weighted by Gasteiger charge is 2.16. The van der Waals surface area contributed by atoms with E-state index in [9.17, 15) is 9.59 Å². The molecule has 0 aromatic heterocycles. The van der Waals surface area contributed by atoms with E-state index in [0.717, 1.165) is 18.4 Å². The highest BCUT2D eigenvalue weighted by atomic mass is 35.5. The highest BCUT2D eigenvalue weighted by molar-refractivity contribution is 6.31. The van der Waals surface area contributed by atoms with E-state index in [-0.39, 0.29) is 18.0 Å². The van der Waals surface area contributed by atoms with Crippen molar-refractivity contribution in [3.8, 4) is 0 Å². The van der Waals surface area contributed by atoms with Gasteiger partial charge in [0.2, 0.25) is 0 Å². The van der Waals surface area contributed by atoms with Crippen LogP contribution in [-0.4, -0.2) is 18.0 Å². The van der Waals surface area contributed by atoms with Gasteiger partial charge < -0.3 is 16.0 Å². The monoisotopic (exact) mass is 385 g/mol. The summed E-state index contributed by atoms with van der Waals surface area (Å²) in [6.07, 6.45) is 5.70. The number of hydrogen-bond donors (Lipinski definition) is 3. The molecule has 0 heterocycles. The molecule has 3 N–H and O–H groups in total. The fourth-order valence-corrected chi connectivity index (χ4v) is 3.42. The summed E-state index contributed by atoms with van der Waals surface area (Å²) in [4.78, 5) is 24.5. The first kappa shape index (κ1) is 19.2. The minimum atomic E-state index is -0.361. The zero-order valence-corrected chi connectivity index (χ0v) is 16.1. The summed E-state index contributed by atoms with van der Waals surface area (Å²) in [6, 6.07) is 12.1. The van der Waals surface area contributed by atoms with Gasteiger partial charge in [0.15, 0.2) is 0 Å². The number of rotatable bonds is 4. The standard InChI is InChI=1S/C21H24ClN3O2/c1-14-18(22)8-5-9-19(14)25-21(27)24-17-12-10-15(11-13-17)20(26)23-16-6-3-2-4-7-16/h5,8-13,16H,2-4,6-7H2,1H3,(H,23,26)(H2,24,25,27). The van der Waals surface area contributed by atoms with Crippen LogP contribution in [0, 0.1) is 6.92 Å². The highest BCUT2D eigenvalue weighted by Crippen LogP contribution is 2.23. The van der Waals surface area contributed by atoms with Gasteiger partial charge >= 0.3 is 6.03 Å². The Balaban J connectivity index is 1.56. The molecule has 1 saturated carbocycles. The number of amides is 3. The predicted octanol–water partition coefficient (Wildman–Crippen LogP) is 5.35. The second kappa shape index (κ2) is 8.91. The Morgan fingerprint density at radius 1 is 0.963 bits per heavy atom. The second-order valence-corrected chi connectivity index (χ2v) is 7.28. The fraction of sp³-hybridized carbons (Fsp3) is 0.333. The summed E-state index contributed by atoms with van der Waals surface area (Å²) in [5, 5.41) is 9.22. The lowest BCUT2D eigenvalue weighted by Gasteiger charge is -2.22. The molecule has 1 aliphatic rings. The Labute approximate surface area is 164 Å². The molecule has 3 rings (SSSR count). The maximum atomic E-state index is 12.3. The van der Waals surface area contributed by atoms with E-state index in [1.165, 1.54) is 19.3 Å². The fourth-order valence-electron chi connectivity index (χ4n) is 3.25. The molecule has 3 amide bonds. The Bertz CT molecular complexity index is 815. The minimum Gasteiger partial charge on any atom is -0.349 e. The normalized spacial score (nSPS) is 14.4. The zero-order chi connectivity index (χ0) is 19.2. The third kappa shape index (κ3) is 5.23. The van der Waals surface area contributed by atoms with Crippen LogP contribution in [-0.2, 0) is 0 Å². The number of hydrogen-bond acceptors (Lipinski definition) is 2. The van der Waals surface area contributed by atoms with Gasteiger partial charge in [-0.05, 0) is 61.7 Å². The Hall–Kier alpha value is -2.53. The number of anilines is 2. The summed E-state index contributed by atoms with van der Waals surface area (Å²) in [5.74, 6) is -0.0625. The first-order chi connectivity index (χ1) is 13.0. The van der Waals surface area contributed by atoms with E-state index in [4.69, 9.17) is 11.6 Å². The lowest BCUT2D eigenvalue weighted by molar-refractivity contribution is 0.0927. The largest absolute Gasteiger partial charge is 0.349 e. The second-order valence-electron chi connectivity index (χ2n) is 6.88. The summed E-state index contributed by atoms with van der Waals surface area (Å²) < 4.78 is 0. The van der Waals surface area contributed by atoms with Gasteiger partial charge in [-0.15, -0.1) is 0 Å². The zero-order valence-electron chi connectivity index (χ0n) is 15.3. The van der Waals surface area contributed by atoms with Crippen LogP contribution in [0.25, 0.3) is 0 Å². The van der Waals surface area contributed by atoms with Crippen molar-refractivity contribution in [2.75, 3.05) is 10.6 Å². The van der Waals surface area contributed by atoms with Crippen LogP contribution < -0.4 is 16.0 Å². The average molecular weight is 386 g/mol. The lowest BCUT2D eigenvalue weighted by atomic mass is 9.95. The van der Waals surface area contributed by atoms with Crippen LogP contribution in [0.3, 0.4) is 0 Å². The molecule has 0 unspecified atom stereocenters. The van der Waals surface area contributed by atoms with Crippen LogP contribution in [0.4, 0.5) is 16.2 Å². The van der Waals surface area contributed by atoms with Crippen LogP contribution in [0.15, 0.2) is 42.5 Å². The SMILES string of the molecule is Cc1c(Cl)cccc1NC(=O)Nc1ccc(C(=O)NC2CCCCC2)cc1. The summed E-state index contributed by atoms with van der Waals surface area (Å²) in [6.45, 7) is 1.84. The first-order valence-corrected chi connectivity index (χ1v) is 9.65. The molecule has 0 radical (unpaired) electrons. The maximum Gasteiger partial charge on any atom is 0.323 e. The van der Waals surface area contributed by atoms with Crippen molar-refractivity contribution in [2.45, 2.75) is 45.1 Å². The Morgan fingerprint density at radius 2 is 1.67 bits per heavy atom. The third-order valence-corrected chi connectivity index (χ3v) is 5.27. The van der Waals surface area contributed by atoms with Gasteiger partial charge in [-0.1, -0.05) is 36.9 Å². The molecular formula is C21H24ClN3O2. The molecule has 2 aromatic rings. The number of nitrogens with one attached hydrogen (secondary N) is 3. The molecule has 142 valence electrons. The average Bonchev–Trinajstić information content (AvgIpc) is 2.67. The molecule has 0 saturated heterocycles. The quantitative estimate of drug-likeness (QED) is 0.663. The molecule has 0 atom stereocenters. The van der Waals surface area contributed by atoms with E-state index in [2.05, 4.69) is 16.0 Å². The molecular weight excluding hydrogens is 362 g/mol. The first-order valence-electron chi connectivity index (χ1n) is 9.27. The van der Waals surface area contributed by atoms with Crippen molar-refractivity contribution >= 4 is 34.9 Å². The van der Waals surface area contributed by atoms with Crippen molar-refractivity contribution in [3.05, 3.63) is 58.6 Å². The van der Waals surface area contributed by atoms with Crippen molar-refractivity contribution in [3.63, 3.8) is 0 Å². The summed E-state index contributed by atoms with van der Waals surface area (Å²) >= 11 is 6.06. The molecule has 2 aromatic carbocycles. The molecule has 0 spiro atoms. The van der Waals surface area contributed by atoms with E-state index in [1.54, 1.807) is 42.5 Å². The van der Waals surface area contributed by atoms with Crippen LogP contribution in [0.1, 0.15) is 48.0 Å². The number of urea groups is 1. The molecule has 5 nitrogen and oxygen atoms in total. The van der Waals surface area contributed by atoms with Gasteiger partial charge in [-0.2, -0.15) is 0 Å². The Kier molecular flexibility index (Phi) is 6.35. The van der Waals surface area contributed by atoms with Gasteiger partial charge in [-0.25, -0.2) is 4.79 Å².